The standard InChI is InChI=1S/C21H24N4O5S2/c1-16-21(17(2)25(22-16)19-8-4-3-5-9-19)31(26,27)23-18-7-6-10-20(15-18)32(28,29)24-11-13-30-14-12-24/h3-10,15,23H,11-14H2,1-2H3. The van der Waals surface area contributed by atoms with Crippen LogP contribution in [0, 0.1) is 13.8 Å². The van der Waals surface area contributed by atoms with Crippen molar-refractivity contribution in [2.75, 3.05) is 31.0 Å². The lowest BCUT2D eigenvalue weighted by Crippen LogP contribution is -2.40. The van der Waals surface area contributed by atoms with Crippen molar-refractivity contribution in [3.8, 4) is 5.69 Å². The number of aryl methyl sites for hydroxylation is 1. The molecular formula is C21H24N4O5S2. The minimum atomic E-state index is -4.01. The van der Waals surface area contributed by atoms with Gasteiger partial charge in [-0.05, 0) is 44.2 Å². The van der Waals surface area contributed by atoms with Gasteiger partial charge < -0.3 is 4.74 Å². The largest absolute Gasteiger partial charge is 0.379 e. The Hall–Kier alpha value is -2.73. The fourth-order valence-corrected chi connectivity index (χ4v) is 6.60. The van der Waals surface area contributed by atoms with Crippen molar-refractivity contribution in [1.29, 1.82) is 0 Å². The lowest BCUT2D eigenvalue weighted by atomic mass is 10.3. The van der Waals surface area contributed by atoms with E-state index in [4.69, 9.17) is 4.74 Å². The summed E-state index contributed by atoms with van der Waals surface area (Å²) < 4.78 is 62.9. The molecule has 1 fully saturated rings. The molecule has 170 valence electrons. The topological polar surface area (TPSA) is 111 Å². The molecule has 2 heterocycles. The smallest absolute Gasteiger partial charge is 0.265 e. The fourth-order valence-electron chi connectivity index (χ4n) is 3.70. The lowest BCUT2D eigenvalue weighted by molar-refractivity contribution is 0.0730. The summed E-state index contributed by atoms with van der Waals surface area (Å²) in [5.41, 5.74) is 1.70. The SMILES string of the molecule is Cc1nn(-c2ccccc2)c(C)c1S(=O)(=O)Nc1cccc(S(=O)(=O)N2CCOCC2)c1. The van der Waals surface area contributed by atoms with Gasteiger partial charge in [0, 0.05) is 13.1 Å². The summed E-state index contributed by atoms with van der Waals surface area (Å²) in [6.45, 7) is 4.48. The van der Waals surface area contributed by atoms with Crippen molar-refractivity contribution in [2.45, 2.75) is 23.6 Å². The number of aromatic nitrogens is 2. The minimum Gasteiger partial charge on any atom is -0.379 e. The summed E-state index contributed by atoms with van der Waals surface area (Å²) in [6, 6.07) is 15.0. The van der Waals surface area contributed by atoms with E-state index in [1.54, 1.807) is 18.5 Å². The van der Waals surface area contributed by atoms with E-state index in [1.165, 1.54) is 28.6 Å². The van der Waals surface area contributed by atoms with Crippen LogP contribution in [-0.4, -0.2) is 57.2 Å². The monoisotopic (exact) mass is 476 g/mol. The van der Waals surface area contributed by atoms with E-state index in [1.807, 2.05) is 30.3 Å². The molecule has 4 rings (SSSR count). The molecule has 1 aliphatic rings. The number of para-hydroxylation sites is 1. The Morgan fingerprint density at radius 2 is 1.62 bits per heavy atom. The first kappa shape index (κ1) is 22.5. The van der Waals surface area contributed by atoms with Crippen molar-refractivity contribution in [1.82, 2.24) is 14.1 Å². The van der Waals surface area contributed by atoms with Crippen molar-refractivity contribution in [3.05, 3.63) is 66.0 Å². The molecule has 9 nitrogen and oxygen atoms in total. The van der Waals surface area contributed by atoms with Gasteiger partial charge >= 0.3 is 0 Å². The molecule has 1 aliphatic heterocycles. The van der Waals surface area contributed by atoms with Gasteiger partial charge in [-0.25, -0.2) is 21.5 Å². The summed E-state index contributed by atoms with van der Waals surface area (Å²) >= 11 is 0. The molecule has 1 aromatic heterocycles. The van der Waals surface area contributed by atoms with Crippen LogP contribution in [0.15, 0.2) is 64.4 Å². The number of nitrogens with zero attached hydrogens (tertiary/aromatic N) is 3. The van der Waals surface area contributed by atoms with Crippen LogP contribution in [0.3, 0.4) is 0 Å². The molecule has 2 aromatic carbocycles. The maximum atomic E-state index is 13.2. The number of nitrogens with one attached hydrogen (secondary N) is 1. The maximum absolute atomic E-state index is 13.2. The summed E-state index contributed by atoms with van der Waals surface area (Å²) in [5, 5.41) is 4.39. The second-order valence-electron chi connectivity index (χ2n) is 7.40. The van der Waals surface area contributed by atoms with E-state index >= 15 is 0 Å². The van der Waals surface area contributed by atoms with E-state index in [0.29, 0.717) is 24.6 Å². The van der Waals surface area contributed by atoms with Gasteiger partial charge in [-0.3, -0.25) is 4.72 Å². The first-order chi connectivity index (χ1) is 15.2. The highest BCUT2D eigenvalue weighted by molar-refractivity contribution is 7.92. The number of hydrogen-bond donors (Lipinski definition) is 1. The maximum Gasteiger partial charge on any atom is 0.265 e. The Morgan fingerprint density at radius 3 is 2.31 bits per heavy atom. The van der Waals surface area contributed by atoms with E-state index < -0.39 is 20.0 Å². The minimum absolute atomic E-state index is 0.0213. The molecule has 0 bridgehead atoms. The van der Waals surface area contributed by atoms with Crippen LogP contribution in [0.25, 0.3) is 5.69 Å². The molecule has 0 unspecified atom stereocenters. The Labute approximate surface area is 187 Å². The van der Waals surface area contributed by atoms with Crippen molar-refractivity contribution in [3.63, 3.8) is 0 Å². The molecule has 0 spiro atoms. The highest BCUT2D eigenvalue weighted by Crippen LogP contribution is 2.26. The highest BCUT2D eigenvalue weighted by atomic mass is 32.2. The molecule has 0 aliphatic carbocycles. The second-order valence-corrected chi connectivity index (χ2v) is 11.0. The molecule has 0 saturated carbocycles. The predicted octanol–water partition coefficient (Wildman–Crippen LogP) is 2.31. The van der Waals surface area contributed by atoms with Gasteiger partial charge in [-0.15, -0.1) is 0 Å². The van der Waals surface area contributed by atoms with Gasteiger partial charge in [0.1, 0.15) is 4.90 Å². The third-order valence-corrected chi connectivity index (χ3v) is 8.72. The van der Waals surface area contributed by atoms with Crippen LogP contribution < -0.4 is 4.72 Å². The lowest BCUT2D eigenvalue weighted by Gasteiger charge is -2.26. The Bertz CT molecular complexity index is 1330. The van der Waals surface area contributed by atoms with Gasteiger partial charge in [-0.2, -0.15) is 9.40 Å². The van der Waals surface area contributed by atoms with Gasteiger partial charge in [0.05, 0.1) is 40.9 Å². The van der Waals surface area contributed by atoms with E-state index in [-0.39, 0.29) is 28.6 Å². The van der Waals surface area contributed by atoms with Crippen molar-refractivity contribution in [2.24, 2.45) is 0 Å². The number of morpholine rings is 1. The fraction of sp³-hybridized carbons (Fsp3) is 0.286. The first-order valence-corrected chi connectivity index (χ1v) is 12.9. The Balaban J connectivity index is 1.65. The number of ether oxygens (including phenoxy) is 1. The zero-order valence-corrected chi connectivity index (χ0v) is 19.4. The number of hydrogen-bond acceptors (Lipinski definition) is 6. The van der Waals surface area contributed by atoms with Gasteiger partial charge in [0.2, 0.25) is 10.0 Å². The third kappa shape index (κ3) is 4.29. The van der Waals surface area contributed by atoms with Gasteiger partial charge in [0.25, 0.3) is 10.0 Å². The van der Waals surface area contributed by atoms with Crippen LogP contribution >= 0.6 is 0 Å². The number of benzene rings is 2. The molecule has 0 radical (unpaired) electrons. The molecular weight excluding hydrogens is 452 g/mol. The van der Waals surface area contributed by atoms with Crippen LogP contribution in [-0.2, 0) is 24.8 Å². The van der Waals surface area contributed by atoms with Crippen molar-refractivity contribution >= 4 is 25.7 Å². The summed E-state index contributed by atoms with van der Waals surface area (Å²) in [7, 11) is -7.76. The number of rotatable bonds is 6. The van der Waals surface area contributed by atoms with Crippen LogP contribution in [0.1, 0.15) is 11.4 Å². The number of sulfonamides is 2. The third-order valence-electron chi connectivity index (χ3n) is 5.19. The molecule has 32 heavy (non-hydrogen) atoms. The molecule has 1 saturated heterocycles. The summed E-state index contributed by atoms with van der Waals surface area (Å²) in [4.78, 5) is 0.0795. The molecule has 3 aromatic rings. The van der Waals surface area contributed by atoms with Crippen LogP contribution in [0.5, 0.6) is 0 Å². The van der Waals surface area contributed by atoms with Crippen LogP contribution in [0.2, 0.25) is 0 Å². The van der Waals surface area contributed by atoms with E-state index in [0.717, 1.165) is 5.69 Å². The van der Waals surface area contributed by atoms with Crippen molar-refractivity contribution < 1.29 is 21.6 Å². The summed E-state index contributed by atoms with van der Waals surface area (Å²) in [5.74, 6) is 0. The van der Waals surface area contributed by atoms with E-state index in [2.05, 4.69) is 9.82 Å². The normalized spacial score (nSPS) is 15.6. The quantitative estimate of drug-likeness (QED) is 0.585. The zero-order chi connectivity index (χ0) is 22.9. The van der Waals surface area contributed by atoms with Gasteiger partial charge in [0.15, 0.2) is 0 Å². The van der Waals surface area contributed by atoms with E-state index in [9.17, 15) is 16.8 Å². The molecule has 11 heteroatoms. The predicted molar refractivity (Wildman–Crippen MR) is 120 cm³/mol. The molecule has 1 N–H and O–H groups in total. The number of anilines is 1. The molecule has 0 atom stereocenters. The zero-order valence-electron chi connectivity index (χ0n) is 17.7. The average Bonchev–Trinajstić information content (AvgIpc) is 3.09. The van der Waals surface area contributed by atoms with Gasteiger partial charge in [-0.1, -0.05) is 24.3 Å². The average molecular weight is 477 g/mol. The Morgan fingerprint density at radius 1 is 0.938 bits per heavy atom. The second kappa shape index (κ2) is 8.66. The van der Waals surface area contributed by atoms with Crippen LogP contribution in [0.4, 0.5) is 5.69 Å². The Kier molecular flexibility index (Phi) is 6.08. The first-order valence-electron chi connectivity index (χ1n) is 10.0. The highest BCUT2D eigenvalue weighted by Gasteiger charge is 2.28. The summed E-state index contributed by atoms with van der Waals surface area (Å²) in [6.07, 6.45) is 0. The molecule has 0 amide bonds.